The van der Waals surface area contributed by atoms with E-state index in [1.165, 1.54) is 12.1 Å². The predicted octanol–water partition coefficient (Wildman–Crippen LogP) is 1.56. The van der Waals surface area contributed by atoms with Crippen molar-refractivity contribution in [3.05, 3.63) is 45.6 Å². The van der Waals surface area contributed by atoms with E-state index >= 15 is 0 Å². The lowest BCUT2D eigenvalue weighted by molar-refractivity contribution is -0.386. The van der Waals surface area contributed by atoms with Crippen molar-refractivity contribution in [3.63, 3.8) is 0 Å². The highest BCUT2D eigenvalue weighted by molar-refractivity contribution is 5.88. The van der Waals surface area contributed by atoms with Crippen molar-refractivity contribution >= 4 is 11.7 Å². The molecule has 1 N–H and O–H groups in total. The van der Waals surface area contributed by atoms with Crippen molar-refractivity contribution in [2.24, 2.45) is 0 Å². The number of carbonyl (C=O) groups is 1. The van der Waals surface area contributed by atoms with Crippen molar-refractivity contribution in [3.8, 4) is 5.75 Å². The number of carboxylic acid groups (broad SMARTS) is 1. The van der Waals surface area contributed by atoms with E-state index in [4.69, 9.17) is 14.4 Å². The maximum Gasteiger partial charge on any atom is 0.335 e. The third-order valence-corrected chi connectivity index (χ3v) is 2.33. The molecular weight excluding hydrogens is 270 g/mol. The molecule has 9 heteroatoms. The molecule has 0 spiro atoms. The van der Waals surface area contributed by atoms with E-state index in [0.717, 1.165) is 6.07 Å². The molecule has 1 heterocycles. The van der Waals surface area contributed by atoms with Gasteiger partial charge in [0.05, 0.1) is 10.5 Å². The van der Waals surface area contributed by atoms with Gasteiger partial charge < -0.3 is 14.4 Å². The number of hydrogen-bond donors (Lipinski definition) is 1. The Labute approximate surface area is 111 Å². The molecule has 9 nitrogen and oxygen atoms in total. The third kappa shape index (κ3) is 2.88. The molecule has 20 heavy (non-hydrogen) atoms. The monoisotopic (exact) mass is 279 g/mol. The normalized spacial score (nSPS) is 10.2. The van der Waals surface area contributed by atoms with Crippen LogP contribution in [0.2, 0.25) is 0 Å². The second-order valence-corrected chi connectivity index (χ2v) is 3.76. The smallest absolute Gasteiger partial charge is 0.335 e. The number of nitrogens with zero attached hydrogens (tertiary/aromatic N) is 3. The molecule has 0 saturated carbocycles. The number of hydrogen-bond acceptors (Lipinski definition) is 7. The molecule has 0 bridgehead atoms. The Morgan fingerprint density at radius 3 is 2.85 bits per heavy atom. The predicted molar refractivity (Wildman–Crippen MR) is 63.4 cm³/mol. The number of aromatic nitrogens is 2. The van der Waals surface area contributed by atoms with Gasteiger partial charge in [-0.1, -0.05) is 5.16 Å². The lowest BCUT2D eigenvalue weighted by Gasteiger charge is -2.05. The third-order valence-electron chi connectivity index (χ3n) is 2.33. The van der Waals surface area contributed by atoms with Crippen LogP contribution in [-0.2, 0) is 6.61 Å². The minimum absolute atomic E-state index is 0.0672. The zero-order valence-electron chi connectivity index (χ0n) is 10.3. The van der Waals surface area contributed by atoms with Crippen molar-refractivity contribution < 1.29 is 24.1 Å². The van der Waals surface area contributed by atoms with Gasteiger partial charge in [-0.15, -0.1) is 0 Å². The topological polar surface area (TPSA) is 129 Å². The van der Waals surface area contributed by atoms with E-state index in [0.29, 0.717) is 5.89 Å². The quantitative estimate of drug-likeness (QED) is 0.644. The second-order valence-electron chi connectivity index (χ2n) is 3.76. The number of carboxylic acids is 1. The van der Waals surface area contributed by atoms with Gasteiger partial charge in [-0.2, -0.15) is 4.98 Å². The number of aryl methyl sites for hydroxylation is 1. The average Bonchev–Trinajstić information content (AvgIpc) is 2.81. The zero-order valence-corrected chi connectivity index (χ0v) is 10.3. The molecular formula is C11H9N3O6. The molecule has 0 atom stereocenters. The van der Waals surface area contributed by atoms with Crippen LogP contribution in [0.3, 0.4) is 0 Å². The molecule has 0 aliphatic carbocycles. The van der Waals surface area contributed by atoms with Gasteiger partial charge in [0, 0.05) is 13.0 Å². The van der Waals surface area contributed by atoms with E-state index in [1.54, 1.807) is 6.92 Å². The summed E-state index contributed by atoms with van der Waals surface area (Å²) in [5.74, 6) is -0.741. The van der Waals surface area contributed by atoms with Gasteiger partial charge in [0.15, 0.2) is 12.4 Å². The van der Waals surface area contributed by atoms with Gasteiger partial charge in [-0.05, 0) is 12.1 Å². The minimum Gasteiger partial charge on any atom is -0.478 e. The van der Waals surface area contributed by atoms with Gasteiger partial charge in [-0.25, -0.2) is 4.79 Å². The van der Waals surface area contributed by atoms with E-state index in [-0.39, 0.29) is 23.7 Å². The van der Waals surface area contributed by atoms with Gasteiger partial charge >= 0.3 is 11.7 Å². The molecule has 2 aromatic rings. The first kappa shape index (κ1) is 13.5. The number of aromatic carboxylic acids is 1. The van der Waals surface area contributed by atoms with Crippen LogP contribution in [0.1, 0.15) is 22.1 Å². The Bertz CT molecular complexity index is 666. The molecule has 0 aliphatic rings. The first-order valence-electron chi connectivity index (χ1n) is 5.41. The summed E-state index contributed by atoms with van der Waals surface area (Å²) in [6.45, 7) is 1.48. The Morgan fingerprint density at radius 1 is 1.55 bits per heavy atom. The van der Waals surface area contributed by atoms with Gasteiger partial charge in [0.2, 0.25) is 11.7 Å². The highest BCUT2D eigenvalue weighted by Gasteiger charge is 2.19. The first-order valence-corrected chi connectivity index (χ1v) is 5.41. The fourth-order valence-corrected chi connectivity index (χ4v) is 1.46. The number of rotatable bonds is 5. The molecule has 104 valence electrons. The number of benzene rings is 1. The van der Waals surface area contributed by atoms with Gasteiger partial charge in [0.1, 0.15) is 0 Å². The summed E-state index contributed by atoms with van der Waals surface area (Å²) in [4.78, 5) is 24.8. The lowest BCUT2D eigenvalue weighted by Crippen LogP contribution is -2.03. The molecule has 2 rings (SSSR count). The first-order chi connectivity index (χ1) is 9.47. The fraction of sp³-hybridized carbons (Fsp3) is 0.182. The maximum absolute atomic E-state index is 10.9. The van der Waals surface area contributed by atoms with E-state index < -0.39 is 16.6 Å². The van der Waals surface area contributed by atoms with Crippen LogP contribution in [0.5, 0.6) is 5.75 Å². The summed E-state index contributed by atoms with van der Waals surface area (Å²) in [5, 5.41) is 23.3. The average molecular weight is 279 g/mol. The van der Waals surface area contributed by atoms with Crippen LogP contribution in [0, 0.1) is 17.0 Å². The maximum atomic E-state index is 10.9. The Balaban J connectivity index is 2.22. The van der Waals surface area contributed by atoms with Crippen molar-refractivity contribution in [2.45, 2.75) is 13.5 Å². The molecule has 0 fully saturated rings. The zero-order chi connectivity index (χ0) is 14.7. The number of ether oxygens (including phenoxy) is 1. The van der Waals surface area contributed by atoms with Crippen LogP contribution < -0.4 is 4.74 Å². The Hall–Kier alpha value is -2.97. The molecule has 0 amide bonds. The molecule has 0 radical (unpaired) electrons. The van der Waals surface area contributed by atoms with Gasteiger partial charge in [-0.3, -0.25) is 10.1 Å². The molecule has 0 aliphatic heterocycles. The van der Waals surface area contributed by atoms with Crippen LogP contribution in [-0.4, -0.2) is 26.1 Å². The number of nitro groups is 1. The molecule has 0 unspecified atom stereocenters. The molecule has 1 aromatic carbocycles. The van der Waals surface area contributed by atoms with Crippen LogP contribution >= 0.6 is 0 Å². The van der Waals surface area contributed by atoms with E-state index in [1.807, 2.05) is 0 Å². The SMILES string of the molecule is Cc1nc(COc2ccc(C(=O)O)cc2[N+](=O)[O-])no1. The van der Waals surface area contributed by atoms with Crippen molar-refractivity contribution in [1.82, 2.24) is 10.1 Å². The summed E-state index contributed by atoms with van der Waals surface area (Å²) in [6.07, 6.45) is 0. The molecule has 0 saturated heterocycles. The Kier molecular flexibility index (Phi) is 3.60. The highest BCUT2D eigenvalue weighted by Crippen LogP contribution is 2.28. The van der Waals surface area contributed by atoms with Crippen LogP contribution in [0.4, 0.5) is 5.69 Å². The number of nitro benzene ring substituents is 1. The lowest BCUT2D eigenvalue weighted by atomic mass is 10.2. The van der Waals surface area contributed by atoms with Crippen LogP contribution in [0.15, 0.2) is 22.7 Å². The van der Waals surface area contributed by atoms with Crippen molar-refractivity contribution in [1.29, 1.82) is 0 Å². The largest absolute Gasteiger partial charge is 0.478 e. The molecule has 1 aromatic heterocycles. The summed E-state index contributed by atoms with van der Waals surface area (Å²) in [7, 11) is 0. The minimum atomic E-state index is -1.26. The highest BCUT2D eigenvalue weighted by atomic mass is 16.6. The summed E-state index contributed by atoms with van der Waals surface area (Å²) in [5.41, 5.74) is -0.635. The summed E-state index contributed by atoms with van der Waals surface area (Å²) in [6, 6.07) is 3.36. The van der Waals surface area contributed by atoms with Crippen LogP contribution in [0.25, 0.3) is 0 Å². The summed E-state index contributed by atoms with van der Waals surface area (Å²) < 4.78 is 9.94. The second kappa shape index (κ2) is 5.34. The van der Waals surface area contributed by atoms with Gasteiger partial charge in [0.25, 0.3) is 0 Å². The van der Waals surface area contributed by atoms with E-state index in [9.17, 15) is 14.9 Å². The fourth-order valence-electron chi connectivity index (χ4n) is 1.46. The Morgan fingerprint density at radius 2 is 2.30 bits per heavy atom. The summed E-state index contributed by atoms with van der Waals surface area (Å²) >= 11 is 0. The van der Waals surface area contributed by atoms with E-state index in [2.05, 4.69) is 10.1 Å². The van der Waals surface area contributed by atoms with Crippen molar-refractivity contribution in [2.75, 3.05) is 0 Å². The standard InChI is InChI=1S/C11H9N3O6/c1-6-12-10(13-20-6)5-19-9-3-2-7(11(15)16)4-8(9)14(17)18/h2-4H,5H2,1H3,(H,15,16).